The number of esters is 1. The monoisotopic (exact) mass is 540 g/mol. The van der Waals surface area contributed by atoms with E-state index in [-0.39, 0.29) is 12.6 Å². The number of allylic oxidation sites excluding steroid dienone is 2. The summed E-state index contributed by atoms with van der Waals surface area (Å²) >= 11 is 5.76. The number of hydrogen-bond acceptors (Lipinski definition) is 5. The highest BCUT2D eigenvalue weighted by Crippen LogP contribution is 2.43. The Labute approximate surface area is 173 Å². The van der Waals surface area contributed by atoms with E-state index in [4.69, 9.17) is 14.2 Å². The van der Waals surface area contributed by atoms with E-state index in [0.717, 1.165) is 39.9 Å². The summed E-state index contributed by atoms with van der Waals surface area (Å²) in [6.45, 7) is 4.92. The van der Waals surface area contributed by atoms with E-state index in [0.29, 0.717) is 24.3 Å². The van der Waals surface area contributed by atoms with Gasteiger partial charge in [-0.1, -0.05) is 43.4 Å². The van der Waals surface area contributed by atoms with E-state index >= 15 is 0 Å². The largest absolute Gasteiger partial charge is 0.496 e. The molecule has 1 aliphatic rings. The van der Waals surface area contributed by atoms with E-state index in [1.54, 1.807) is 16.0 Å². The highest BCUT2D eigenvalue weighted by molar-refractivity contribution is 14.2. The molecule has 0 amide bonds. The average molecular weight is 541 g/mol. The third-order valence-corrected chi connectivity index (χ3v) is 6.62. The van der Waals surface area contributed by atoms with E-state index in [1.807, 2.05) is 6.92 Å². The smallest absolute Gasteiger partial charge is 0.342 e. The Bertz CT molecular complexity index is 670. The molecule has 1 heterocycles. The Morgan fingerprint density at radius 3 is 2.80 bits per heavy atom. The highest BCUT2D eigenvalue weighted by Gasteiger charge is 2.33. The number of ether oxygens (including phenoxy) is 3. The SMILES string of the molecule is CC/C(=C\Cc1c(OC)c(C)c2c(c1OCCSI)C(=O)OC2)CBr. The summed E-state index contributed by atoms with van der Waals surface area (Å²) in [6, 6.07) is 0. The Hall–Kier alpha value is -0.410. The van der Waals surface area contributed by atoms with Crippen LogP contribution in [0.5, 0.6) is 11.5 Å². The number of alkyl halides is 1. The Kier molecular flexibility index (Phi) is 8.41. The first-order valence-electron chi connectivity index (χ1n) is 8.08. The van der Waals surface area contributed by atoms with Crippen LogP contribution in [-0.4, -0.2) is 30.8 Å². The molecule has 25 heavy (non-hydrogen) atoms. The van der Waals surface area contributed by atoms with Crippen molar-refractivity contribution in [3.05, 3.63) is 33.9 Å². The van der Waals surface area contributed by atoms with Crippen molar-refractivity contribution < 1.29 is 19.0 Å². The second-order valence-corrected chi connectivity index (χ2v) is 8.67. The summed E-state index contributed by atoms with van der Waals surface area (Å²) in [7, 11) is 3.34. The van der Waals surface area contributed by atoms with Gasteiger partial charge in [-0.15, -0.1) is 0 Å². The first kappa shape index (κ1) is 20.9. The van der Waals surface area contributed by atoms with Gasteiger partial charge in [-0.05, 0) is 46.5 Å². The molecule has 1 aliphatic heterocycles. The third-order valence-electron chi connectivity index (χ3n) is 4.25. The number of fused-ring (bicyclic) bond motifs is 1. The summed E-state index contributed by atoms with van der Waals surface area (Å²) < 4.78 is 17.0. The highest BCUT2D eigenvalue weighted by atomic mass is 127. The molecule has 2 rings (SSSR count). The number of cyclic esters (lactones) is 1. The predicted octanol–water partition coefficient (Wildman–Crippen LogP) is 5.41. The number of methoxy groups -OCH3 is 1. The molecule has 0 fully saturated rings. The van der Waals surface area contributed by atoms with Crippen LogP contribution in [0.1, 0.15) is 40.4 Å². The van der Waals surface area contributed by atoms with Crippen molar-refractivity contribution in [1.82, 2.24) is 0 Å². The molecular weight excluding hydrogens is 519 g/mol. The summed E-state index contributed by atoms with van der Waals surface area (Å²) in [5.41, 5.74) is 4.62. The maximum absolute atomic E-state index is 12.3. The number of rotatable bonds is 9. The van der Waals surface area contributed by atoms with Crippen LogP contribution in [0.3, 0.4) is 0 Å². The van der Waals surface area contributed by atoms with Crippen LogP contribution in [-0.2, 0) is 17.8 Å². The van der Waals surface area contributed by atoms with Crippen LogP contribution in [0.4, 0.5) is 0 Å². The molecule has 138 valence electrons. The molecule has 7 heteroatoms. The molecule has 0 radical (unpaired) electrons. The molecule has 0 bridgehead atoms. The predicted molar refractivity (Wildman–Crippen MR) is 115 cm³/mol. The minimum Gasteiger partial charge on any atom is -0.496 e. The minimum absolute atomic E-state index is 0.283. The molecule has 0 saturated heterocycles. The molecular formula is C18H22BrIO4S. The number of hydrogen-bond donors (Lipinski definition) is 0. The zero-order valence-corrected chi connectivity index (χ0v) is 19.2. The van der Waals surface area contributed by atoms with Gasteiger partial charge >= 0.3 is 5.97 Å². The first-order valence-corrected chi connectivity index (χ1v) is 12.7. The third kappa shape index (κ3) is 4.66. The first-order chi connectivity index (χ1) is 12.1. The fourth-order valence-electron chi connectivity index (χ4n) is 2.88. The fourth-order valence-corrected chi connectivity index (χ4v) is 4.20. The van der Waals surface area contributed by atoms with Crippen molar-refractivity contribution >= 4 is 52.0 Å². The quantitative estimate of drug-likeness (QED) is 0.138. The summed E-state index contributed by atoms with van der Waals surface area (Å²) in [4.78, 5) is 12.3. The van der Waals surface area contributed by atoms with Gasteiger partial charge in [0, 0.05) is 22.2 Å². The summed E-state index contributed by atoms with van der Waals surface area (Å²) in [5, 5.41) is 0.833. The maximum Gasteiger partial charge on any atom is 0.342 e. The van der Waals surface area contributed by atoms with Gasteiger partial charge in [-0.3, -0.25) is 0 Å². The van der Waals surface area contributed by atoms with Gasteiger partial charge in [0.05, 0.1) is 13.7 Å². The zero-order chi connectivity index (χ0) is 18.4. The van der Waals surface area contributed by atoms with E-state index in [9.17, 15) is 4.79 Å². The van der Waals surface area contributed by atoms with Gasteiger partial charge in [-0.2, -0.15) is 0 Å². The average Bonchev–Trinajstić information content (AvgIpc) is 3.00. The number of benzene rings is 1. The summed E-state index contributed by atoms with van der Waals surface area (Å²) in [5.74, 6) is 1.94. The standard InChI is InChI=1S/C18H22BrIO4S/c1-4-12(9-19)5-6-13-16(22-3)11(2)14-10-24-18(21)15(14)17(13)23-7-8-25-20/h5H,4,6-10H2,1-3H3/b12-5+. The van der Waals surface area contributed by atoms with Gasteiger partial charge in [0.25, 0.3) is 0 Å². The molecule has 0 atom stereocenters. The number of carbonyl (C=O) groups excluding carboxylic acids is 1. The van der Waals surface area contributed by atoms with Crippen LogP contribution in [0.15, 0.2) is 11.6 Å². The van der Waals surface area contributed by atoms with E-state index < -0.39 is 0 Å². The molecule has 0 aliphatic carbocycles. The van der Waals surface area contributed by atoms with Crippen molar-refractivity contribution in [2.75, 3.05) is 24.8 Å². The van der Waals surface area contributed by atoms with Gasteiger partial charge in [0.2, 0.25) is 0 Å². The lowest BCUT2D eigenvalue weighted by Crippen LogP contribution is -2.10. The topological polar surface area (TPSA) is 44.8 Å². The molecule has 0 saturated carbocycles. The maximum atomic E-state index is 12.3. The number of carbonyl (C=O) groups is 1. The molecule has 0 N–H and O–H groups in total. The molecule has 0 aromatic heterocycles. The molecule has 0 spiro atoms. The van der Waals surface area contributed by atoms with Crippen LogP contribution < -0.4 is 9.47 Å². The molecule has 1 aromatic carbocycles. The van der Waals surface area contributed by atoms with Gasteiger partial charge in [-0.25, -0.2) is 4.79 Å². The molecule has 1 aromatic rings. The van der Waals surface area contributed by atoms with Gasteiger partial charge in [0.15, 0.2) is 0 Å². The fraction of sp³-hybridized carbons (Fsp3) is 0.500. The zero-order valence-electron chi connectivity index (χ0n) is 14.6. The molecule has 4 nitrogen and oxygen atoms in total. The van der Waals surface area contributed by atoms with Crippen molar-refractivity contribution in [2.45, 2.75) is 33.3 Å². The van der Waals surface area contributed by atoms with Crippen LogP contribution in [0.25, 0.3) is 0 Å². The van der Waals surface area contributed by atoms with Crippen LogP contribution in [0.2, 0.25) is 0 Å². The second kappa shape index (κ2) is 10.1. The lowest BCUT2D eigenvalue weighted by molar-refractivity contribution is 0.0532. The Balaban J connectivity index is 2.56. The van der Waals surface area contributed by atoms with Gasteiger partial charge < -0.3 is 14.2 Å². The van der Waals surface area contributed by atoms with Crippen molar-refractivity contribution in [3.63, 3.8) is 0 Å². The van der Waals surface area contributed by atoms with Crippen LogP contribution >= 0.6 is 46.1 Å². The van der Waals surface area contributed by atoms with E-state index in [2.05, 4.69) is 50.1 Å². The van der Waals surface area contributed by atoms with Crippen molar-refractivity contribution in [1.29, 1.82) is 0 Å². The normalized spacial score (nSPS) is 13.6. The lowest BCUT2D eigenvalue weighted by atomic mass is 9.94. The second-order valence-electron chi connectivity index (χ2n) is 5.61. The minimum atomic E-state index is -0.306. The van der Waals surface area contributed by atoms with Crippen molar-refractivity contribution in [3.8, 4) is 11.5 Å². The Morgan fingerprint density at radius 2 is 2.20 bits per heavy atom. The Morgan fingerprint density at radius 1 is 1.44 bits per heavy atom. The van der Waals surface area contributed by atoms with E-state index in [1.165, 1.54) is 5.57 Å². The summed E-state index contributed by atoms with van der Waals surface area (Å²) in [6.07, 6.45) is 3.81. The number of halogens is 2. The van der Waals surface area contributed by atoms with Crippen LogP contribution in [0, 0.1) is 6.92 Å². The lowest BCUT2D eigenvalue weighted by Gasteiger charge is -2.19. The van der Waals surface area contributed by atoms with Crippen molar-refractivity contribution in [2.24, 2.45) is 0 Å². The molecule has 0 unspecified atom stereocenters. The van der Waals surface area contributed by atoms with Gasteiger partial charge in [0.1, 0.15) is 23.7 Å².